The van der Waals surface area contributed by atoms with Crippen molar-refractivity contribution in [2.45, 2.75) is 0 Å². The normalized spacial score (nSPS) is 9.77. The Bertz CT molecular complexity index is 352. The number of halogens is 2. The zero-order valence-corrected chi connectivity index (χ0v) is 6.90. The van der Waals surface area contributed by atoms with Crippen molar-refractivity contribution < 1.29 is 13.5 Å². The molecule has 0 aliphatic heterocycles. The van der Waals surface area contributed by atoms with Crippen molar-refractivity contribution in [1.82, 2.24) is 0 Å². The highest BCUT2D eigenvalue weighted by atomic mass is 19.1. The molecule has 3 N–H and O–H groups in total. The molecule has 0 radical (unpaired) electrons. The van der Waals surface area contributed by atoms with Gasteiger partial charge in [-0.05, 0) is 12.1 Å². The number of methoxy groups -OCH3 is 1. The van der Waals surface area contributed by atoms with E-state index in [-0.39, 0.29) is 11.3 Å². The summed E-state index contributed by atoms with van der Waals surface area (Å²) in [4.78, 5) is 0. The topological polar surface area (TPSA) is 59.1 Å². The van der Waals surface area contributed by atoms with Crippen molar-refractivity contribution in [2.75, 3.05) is 7.11 Å². The maximum Gasteiger partial charge on any atom is 0.168 e. The molecule has 0 unspecified atom stereocenters. The SMILES string of the molecule is COc1c(F)ccc(F)c1C(=N)N. The first-order chi connectivity index (χ1) is 6.07. The maximum absolute atomic E-state index is 13.0. The average Bonchev–Trinajstić information content (AvgIpc) is 2.07. The molecule has 3 nitrogen and oxygen atoms in total. The van der Waals surface area contributed by atoms with Crippen LogP contribution in [0.1, 0.15) is 5.56 Å². The van der Waals surface area contributed by atoms with E-state index in [1.54, 1.807) is 0 Å². The minimum absolute atomic E-state index is 0.340. The second-order valence-corrected chi connectivity index (χ2v) is 2.35. The minimum atomic E-state index is -0.772. The van der Waals surface area contributed by atoms with E-state index in [1.807, 2.05) is 0 Å². The van der Waals surface area contributed by atoms with Crippen LogP contribution in [-0.4, -0.2) is 12.9 Å². The Morgan fingerprint density at radius 1 is 1.38 bits per heavy atom. The second-order valence-electron chi connectivity index (χ2n) is 2.35. The lowest BCUT2D eigenvalue weighted by Crippen LogP contribution is -2.15. The van der Waals surface area contributed by atoms with Gasteiger partial charge in [0.1, 0.15) is 11.7 Å². The number of nitrogens with two attached hydrogens (primary N) is 1. The van der Waals surface area contributed by atoms with Gasteiger partial charge in [-0.1, -0.05) is 0 Å². The van der Waals surface area contributed by atoms with E-state index in [9.17, 15) is 8.78 Å². The zero-order chi connectivity index (χ0) is 10.0. The first-order valence-corrected chi connectivity index (χ1v) is 3.44. The van der Waals surface area contributed by atoms with Gasteiger partial charge in [-0.15, -0.1) is 0 Å². The summed E-state index contributed by atoms with van der Waals surface area (Å²) in [5, 5.41) is 7.01. The molecular weight excluding hydrogens is 178 g/mol. The van der Waals surface area contributed by atoms with E-state index in [0.717, 1.165) is 12.1 Å². The van der Waals surface area contributed by atoms with Gasteiger partial charge < -0.3 is 10.5 Å². The van der Waals surface area contributed by atoms with Crippen LogP contribution in [0.25, 0.3) is 0 Å². The Hall–Kier alpha value is -1.65. The predicted molar refractivity (Wildman–Crippen MR) is 43.9 cm³/mol. The number of hydrogen-bond donors (Lipinski definition) is 2. The molecule has 5 heteroatoms. The summed E-state index contributed by atoms with van der Waals surface area (Å²) < 4.78 is 30.5. The van der Waals surface area contributed by atoms with Gasteiger partial charge in [0, 0.05) is 0 Å². The molecule has 0 heterocycles. The third kappa shape index (κ3) is 1.58. The van der Waals surface area contributed by atoms with Gasteiger partial charge in [0.15, 0.2) is 11.6 Å². The summed E-state index contributed by atoms with van der Waals surface area (Å²) >= 11 is 0. The molecule has 0 aliphatic carbocycles. The lowest BCUT2D eigenvalue weighted by molar-refractivity contribution is 0.381. The Morgan fingerprint density at radius 2 is 1.92 bits per heavy atom. The van der Waals surface area contributed by atoms with Crippen molar-refractivity contribution in [2.24, 2.45) is 5.73 Å². The summed E-state index contributed by atoms with van der Waals surface area (Å²) in [6.45, 7) is 0. The van der Waals surface area contributed by atoms with E-state index in [1.165, 1.54) is 7.11 Å². The van der Waals surface area contributed by atoms with Crippen LogP contribution in [0.4, 0.5) is 8.78 Å². The van der Waals surface area contributed by atoms with E-state index < -0.39 is 17.5 Å². The van der Waals surface area contributed by atoms with Crippen LogP contribution in [0.5, 0.6) is 5.75 Å². The van der Waals surface area contributed by atoms with Crippen LogP contribution >= 0.6 is 0 Å². The second kappa shape index (κ2) is 3.38. The molecular formula is C8H8F2N2O. The molecule has 70 valence electrons. The van der Waals surface area contributed by atoms with Crippen LogP contribution in [-0.2, 0) is 0 Å². The highest BCUT2D eigenvalue weighted by Crippen LogP contribution is 2.24. The fraction of sp³-hybridized carbons (Fsp3) is 0.125. The largest absolute Gasteiger partial charge is 0.493 e. The van der Waals surface area contributed by atoms with Crippen LogP contribution in [0, 0.1) is 17.0 Å². The van der Waals surface area contributed by atoms with E-state index in [0.29, 0.717) is 0 Å². The van der Waals surface area contributed by atoms with Crippen LogP contribution in [0.2, 0.25) is 0 Å². The number of amidine groups is 1. The summed E-state index contributed by atoms with van der Waals surface area (Å²) in [5.74, 6) is -2.42. The summed E-state index contributed by atoms with van der Waals surface area (Å²) in [7, 11) is 1.18. The molecule has 1 rings (SSSR count). The number of benzene rings is 1. The quantitative estimate of drug-likeness (QED) is 0.539. The van der Waals surface area contributed by atoms with Crippen molar-refractivity contribution in [3.63, 3.8) is 0 Å². The molecule has 0 bridgehead atoms. The minimum Gasteiger partial charge on any atom is -0.493 e. The summed E-state index contributed by atoms with van der Waals surface area (Å²) in [6.07, 6.45) is 0. The van der Waals surface area contributed by atoms with Crippen LogP contribution in [0.3, 0.4) is 0 Å². The molecule has 13 heavy (non-hydrogen) atoms. The summed E-state index contributed by atoms with van der Waals surface area (Å²) in [6, 6.07) is 1.81. The average molecular weight is 186 g/mol. The van der Waals surface area contributed by atoms with Crippen molar-refractivity contribution >= 4 is 5.84 Å². The number of nitrogen functional groups attached to an aromatic ring is 1. The molecule has 0 atom stereocenters. The van der Waals surface area contributed by atoms with Crippen LogP contribution < -0.4 is 10.5 Å². The van der Waals surface area contributed by atoms with Gasteiger partial charge >= 0.3 is 0 Å². The lowest BCUT2D eigenvalue weighted by Gasteiger charge is -2.08. The zero-order valence-electron chi connectivity index (χ0n) is 6.90. The highest BCUT2D eigenvalue weighted by Gasteiger charge is 2.16. The third-order valence-corrected chi connectivity index (χ3v) is 1.53. The smallest absolute Gasteiger partial charge is 0.168 e. The highest BCUT2D eigenvalue weighted by molar-refractivity contribution is 5.97. The predicted octanol–water partition coefficient (Wildman–Crippen LogP) is 1.26. The standard InChI is InChI=1S/C8H8F2N2O/c1-13-7-5(10)3-2-4(9)6(7)8(11)12/h2-3H,1H3,(H3,11,12). The molecule has 0 saturated heterocycles. The lowest BCUT2D eigenvalue weighted by atomic mass is 10.1. The third-order valence-electron chi connectivity index (χ3n) is 1.53. The molecule has 0 aromatic heterocycles. The van der Waals surface area contributed by atoms with Gasteiger partial charge in [-0.3, -0.25) is 5.41 Å². The Balaban J connectivity index is 3.43. The first-order valence-electron chi connectivity index (χ1n) is 3.44. The molecule has 0 amide bonds. The Morgan fingerprint density at radius 3 is 2.31 bits per heavy atom. The van der Waals surface area contributed by atoms with Gasteiger partial charge in [-0.2, -0.15) is 0 Å². The van der Waals surface area contributed by atoms with Crippen LogP contribution in [0.15, 0.2) is 12.1 Å². The van der Waals surface area contributed by atoms with Crippen molar-refractivity contribution in [1.29, 1.82) is 5.41 Å². The number of nitrogens with one attached hydrogen (secondary N) is 1. The Labute approximate surface area is 73.6 Å². The van der Waals surface area contributed by atoms with Gasteiger partial charge in [0.25, 0.3) is 0 Å². The monoisotopic (exact) mass is 186 g/mol. The fourth-order valence-corrected chi connectivity index (χ4v) is 0.984. The maximum atomic E-state index is 13.0. The van der Waals surface area contributed by atoms with E-state index in [4.69, 9.17) is 11.1 Å². The first kappa shape index (κ1) is 9.44. The molecule has 0 fully saturated rings. The molecule has 0 aliphatic rings. The van der Waals surface area contributed by atoms with Gasteiger partial charge in [0.05, 0.1) is 12.7 Å². The number of rotatable bonds is 2. The van der Waals surface area contributed by atoms with Crippen molar-refractivity contribution in [3.8, 4) is 5.75 Å². The Kier molecular flexibility index (Phi) is 2.46. The van der Waals surface area contributed by atoms with Gasteiger partial charge in [0.2, 0.25) is 0 Å². The molecule has 0 saturated carbocycles. The van der Waals surface area contributed by atoms with E-state index >= 15 is 0 Å². The number of hydrogen-bond acceptors (Lipinski definition) is 2. The van der Waals surface area contributed by atoms with Crippen molar-refractivity contribution in [3.05, 3.63) is 29.3 Å². The fourth-order valence-electron chi connectivity index (χ4n) is 0.984. The molecule has 0 spiro atoms. The van der Waals surface area contributed by atoms with Gasteiger partial charge in [-0.25, -0.2) is 8.78 Å². The van der Waals surface area contributed by atoms with E-state index in [2.05, 4.69) is 4.74 Å². The summed E-state index contributed by atoms with van der Waals surface area (Å²) in [5.41, 5.74) is 4.71. The molecule has 1 aromatic rings. The molecule has 1 aromatic carbocycles. The number of ether oxygens (including phenoxy) is 1.